The van der Waals surface area contributed by atoms with E-state index in [0.717, 1.165) is 11.1 Å². The maximum Gasteiger partial charge on any atom is 0.308 e. The van der Waals surface area contributed by atoms with Crippen molar-refractivity contribution in [2.45, 2.75) is 32.7 Å². The Morgan fingerprint density at radius 1 is 1.07 bits per heavy atom. The summed E-state index contributed by atoms with van der Waals surface area (Å²) >= 11 is 0. The van der Waals surface area contributed by atoms with Gasteiger partial charge in [0.15, 0.2) is 0 Å². The molecule has 0 unspecified atom stereocenters. The second-order valence-electron chi connectivity index (χ2n) is 7.38. The Morgan fingerprint density at radius 3 is 2.50 bits per heavy atom. The van der Waals surface area contributed by atoms with Crippen molar-refractivity contribution in [3.05, 3.63) is 71.3 Å². The summed E-state index contributed by atoms with van der Waals surface area (Å²) in [7, 11) is 0. The molecular weight excluding hydrogens is 380 g/mol. The zero-order valence-electron chi connectivity index (χ0n) is 17.3. The van der Waals surface area contributed by atoms with E-state index in [2.05, 4.69) is 5.32 Å². The monoisotopic (exact) mass is 406 g/mol. The highest BCUT2D eigenvalue weighted by atomic mass is 16.5. The second kappa shape index (κ2) is 9.87. The molecular formula is C24H26N2O4. The van der Waals surface area contributed by atoms with Gasteiger partial charge >= 0.3 is 5.97 Å². The van der Waals surface area contributed by atoms with Crippen molar-refractivity contribution in [3.8, 4) is 5.75 Å². The Kier molecular flexibility index (Phi) is 7.01. The van der Waals surface area contributed by atoms with Gasteiger partial charge in [-0.2, -0.15) is 0 Å². The molecule has 0 saturated carbocycles. The Labute approximate surface area is 176 Å². The molecule has 6 heteroatoms. The predicted molar refractivity (Wildman–Crippen MR) is 115 cm³/mol. The van der Waals surface area contributed by atoms with Crippen LogP contribution >= 0.6 is 0 Å². The molecule has 1 heterocycles. The number of likely N-dealkylation sites (tertiary alicyclic amines) is 1. The number of nitrogens with one attached hydrogen (secondary N) is 1. The fourth-order valence-corrected chi connectivity index (χ4v) is 3.42. The molecule has 1 N–H and O–H groups in total. The van der Waals surface area contributed by atoms with Crippen LogP contribution < -0.4 is 10.1 Å². The van der Waals surface area contributed by atoms with Crippen LogP contribution in [-0.4, -0.2) is 41.8 Å². The molecule has 2 amide bonds. The largest absolute Gasteiger partial charge is 0.427 e. The van der Waals surface area contributed by atoms with Crippen molar-refractivity contribution < 1.29 is 19.1 Å². The smallest absolute Gasteiger partial charge is 0.308 e. The molecule has 1 aliphatic heterocycles. The third-order valence-electron chi connectivity index (χ3n) is 5.09. The van der Waals surface area contributed by atoms with Gasteiger partial charge in [-0.25, -0.2) is 0 Å². The molecule has 30 heavy (non-hydrogen) atoms. The van der Waals surface area contributed by atoms with Crippen LogP contribution in [0.2, 0.25) is 0 Å². The molecule has 0 atom stereocenters. The Hall–Kier alpha value is -3.41. The number of carbonyl (C=O) groups is 3. The predicted octanol–water partition coefficient (Wildman–Crippen LogP) is 3.35. The number of ether oxygens (including phenoxy) is 1. The van der Waals surface area contributed by atoms with Gasteiger partial charge in [-0.3, -0.25) is 14.4 Å². The zero-order chi connectivity index (χ0) is 21.5. The van der Waals surface area contributed by atoms with E-state index in [9.17, 15) is 14.4 Å². The first kappa shape index (κ1) is 21.3. The average Bonchev–Trinajstić information content (AvgIpc) is 2.73. The number of amides is 2. The first-order valence-electron chi connectivity index (χ1n) is 10.0. The number of hydrogen-bond donors (Lipinski definition) is 1. The van der Waals surface area contributed by atoms with Crippen LogP contribution in [0.1, 0.15) is 41.3 Å². The minimum Gasteiger partial charge on any atom is -0.427 e. The number of rotatable bonds is 5. The van der Waals surface area contributed by atoms with E-state index < -0.39 is 5.97 Å². The van der Waals surface area contributed by atoms with Gasteiger partial charge in [-0.15, -0.1) is 0 Å². The van der Waals surface area contributed by atoms with E-state index in [0.29, 0.717) is 37.2 Å². The van der Waals surface area contributed by atoms with Gasteiger partial charge in [0, 0.05) is 37.7 Å². The van der Waals surface area contributed by atoms with Crippen LogP contribution in [0.3, 0.4) is 0 Å². The summed E-state index contributed by atoms with van der Waals surface area (Å²) in [5, 5.41) is 3.01. The summed E-state index contributed by atoms with van der Waals surface area (Å²) in [6.45, 7) is 4.52. The van der Waals surface area contributed by atoms with Crippen molar-refractivity contribution in [2.24, 2.45) is 0 Å². The van der Waals surface area contributed by atoms with Crippen LogP contribution in [0.5, 0.6) is 5.75 Å². The lowest BCUT2D eigenvalue weighted by molar-refractivity contribution is -0.132. The topological polar surface area (TPSA) is 75.7 Å². The number of benzene rings is 2. The first-order valence-corrected chi connectivity index (χ1v) is 10.0. The fraction of sp³-hybridized carbons (Fsp3) is 0.292. The Morgan fingerprint density at radius 2 is 1.80 bits per heavy atom. The highest BCUT2D eigenvalue weighted by molar-refractivity contribution is 5.95. The number of aryl methyl sites for hydroxylation is 1. The summed E-state index contributed by atoms with van der Waals surface area (Å²) < 4.78 is 5.03. The minimum absolute atomic E-state index is 0.000668. The third-order valence-corrected chi connectivity index (χ3v) is 5.09. The van der Waals surface area contributed by atoms with Gasteiger partial charge < -0.3 is 15.0 Å². The van der Waals surface area contributed by atoms with Gasteiger partial charge in [-0.1, -0.05) is 30.3 Å². The molecule has 1 fully saturated rings. The molecule has 1 saturated heterocycles. The summed E-state index contributed by atoms with van der Waals surface area (Å²) in [5.74, 6) is -0.317. The zero-order valence-corrected chi connectivity index (χ0v) is 17.3. The van der Waals surface area contributed by atoms with Crippen LogP contribution in [0.4, 0.5) is 0 Å². The van der Waals surface area contributed by atoms with Gasteiger partial charge in [0.05, 0.1) is 0 Å². The van der Waals surface area contributed by atoms with Gasteiger partial charge in [0.1, 0.15) is 5.75 Å². The van der Waals surface area contributed by atoms with Crippen molar-refractivity contribution in [3.63, 3.8) is 0 Å². The maximum absolute atomic E-state index is 12.5. The lowest BCUT2D eigenvalue weighted by Crippen LogP contribution is -2.46. The summed E-state index contributed by atoms with van der Waals surface area (Å²) in [6.07, 6.45) is 4.85. The molecule has 0 aromatic heterocycles. The lowest BCUT2D eigenvalue weighted by atomic mass is 10.0. The van der Waals surface area contributed by atoms with E-state index in [-0.39, 0.29) is 17.9 Å². The maximum atomic E-state index is 12.5. The first-order chi connectivity index (χ1) is 14.4. The summed E-state index contributed by atoms with van der Waals surface area (Å²) in [4.78, 5) is 37.9. The highest BCUT2D eigenvalue weighted by Crippen LogP contribution is 2.16. The molecule has 0 bridgehead atoms. The molecule has 3 rings (SSSR count). The van der Waals surface area contributed by atoms with Crippen LogP contribution in [0.15, 0.2) is 54.6 Å². The number of carbonyl (C=O) groups excluding carboxylic acids is 3. The van der Waals surface area contributed by atoms with E-state index in [1.165, 1.54) is 6.92 Å². The quantitative estimate of drug-likeness (QED) is 0.469. The molecule has 6 nitrogen and oxygen atoms in total. The normalized spacial score (nSPS) is 14.5. The molecule has 156 valence electrons. The molecule has 2 aromatic rings. The van der Waals surface area contributed by atoms with Gasteiger partial charge in [-0.05, 0) is 55.2 Å². The minimum atomic E-state index is -0.430. The van der Waals surface area contributed by atoms with Crippen LogP contribution in [-0.2, 0) is 9.59 Å². The molecule has 0 aliphatic carbocycles. The molecule has 0 spiro atoms. The number of piperidine rings is 1. The molecule has 2 aromatic carbocycles. The highest BCUT2D eigenvalue weighted by Gasteiger charge is 2.23. The van der Waals surface area contributed by atoms with Crippen molar-refractivity contribution in [2.75, 3.05) is 13.1 Å². The molecule has 1 aliphatic rings. The second-order valence-corrected chi connectivity index (χ2v) is 7.38. The average molecular weight is 406 g/mol. The number of nitrogens with zero attached hydrogens (tertiary/aromatic N) is 1. The van der Waals surface area contributed by atoms with Crippen LogP contribution in [0.25, 0.3) is 6.08 Å². The summed E-state index contributed by atoms with van der Waals surface area (Å²) in [6, 6.07) is 14.5. The Bertz CT molecular complexity index is 959. The number of hydrogen-bond acceptors (Lipinski definition) is 4. The standard InChI is InChI=1S/C24H26N2O4/c1-17-6-3-4-7-19(17)10-11-23(28)26-14-12-21(13-15-26)25-24(29)20-8-5-9-22(16-20)30-18(2)27/h3-11,16,21H,12-15H2,1-2H3,(H,25,29)/b11-10+. The van der Waals surface area contributed by atoms with E-state index >= 15 is 0 Å². The van der Waals surface area contributed by atoms with E-state index in [1.807, 2.05) is 37.3 Å². The van der Waals surface area contributed by atoms with Gasteiger partial charge in [0.2, 0.25) is 5.91 Å². The Balaban J connectivity index is 1.50. The lowest BCUT2D eigenvalue weighted by Gasteiger charge is -2.31. The van der Waals surface area contributed by atoms with Crippen molar-refractivity contribution in [1.29, 1.82) is 0 Å². The SMILES string of the molecule is CC(=O)Oc1cccc(C(=O)NC2CCN(C(=O)/C=C/c3ccccc3C)CC2)c1. The van der Waals surface area contributed by atoms with Crippen molar-refractivity contribution >= 4 is 23.9 Å². The van der Waals surface area contributed by atoms with Gasteiger partial charge in [0.25, 0.3) is 5.91 Å². The van der Waals surface area contributed by atoms with Crippen molar-refractivity contribution in [1.82, 2.24) is 10.2 Å². The third kappa shape index (κ3) is 5.80. The van der Waals surface area contributed by atoms with E-state index in [1.54, 1.807) is 35.2 Å². The van der Waals surface area contributed by atoms with Crippen LogP contribution in [0, 0.1) is 6.92 Å². The summed E-state index contributed by atoms with van der Waals surface area (Å²) in [5.41, 5.74) is 2.60. The number of esters is 1. The van der Waals surface area contributed by atoms with E-state index in [4.69, 9.17) is 4.74 Å². The molecule has 0 radical (unpaired) electrons. The fourth-order valence-electron chi connectivity index (χ4n) is 3.42.